The second-order valence-electron chi connectivity index (χ2n) is 9.54. The van der Waals surface area contributed by atoms with Gasteiger partial charge in [-0.2, -0.15) is 0 Å². The number of aromatic nitrogens is 4. The second kappa shape index (κ2) is 8.28. The van der Waals surface area contributed by atoms with Crippen LogP contribution in [0, 0.1) is 5.92 Å². The van der Waals surface area contributed by atoms with E-state index in [0.29, 0.717) is 23.9 Å². The lowest BCUT2D eigenvalue weighted by Gasteiger charge is -2.33. The number of fused-ring (bicyclic) bond motifs is 2. The van der Waals surface area contributed by atoms with Gasteiger partial charge < -0.3 is 14.7 Å². The van der Waals surface area contributed by atoms with Crippen LogP contribution in [0.3, 0.4) is 0 Å². The first-order valence-corrected chi connectivity index (χ1v) is 11.8. The third-order valence-electron chi connectivity index (χ3n) is 6.98. The molecular weight excluding hydrogens is 414 g/mol. The number of hydrogen-bond acceptors (Lipinski definition) is 7. The van der Waals surface area contributed by atoms with Gasteiger partial charge in [-0.3, -0.25) is 10.4 Å². The van der Waals surface area contributed by atoms with Crippen LogP contribution in [-0.2, 0) is 0 Å². The number of rotatable bonds is 5. The van der Waals surface area contributed by atoms with Crippen LogP contribution in [0.5, 0.6) is 0 Å². The van der Waals surface area contributed by atoms with Crippen molar-refractivity contribution < 1.29 is 4.42 Å². The lowest BCUT2D eigenvalue weighted by Crippen LogP contribution is -2.34. The summed E-state index contributed by atoms with van der Waals surface area (Å²) in [7, 11) is 0. The molecule has 170 valence electrons. The number of anilines is 1. The van der Waals surface area contributed by atoms with E-state index in [0.717, 1.165) is 53.1 Å². The van der Waals surface area contributed by atoms with Gasteiger partial charge in [0, 0.05) is 41.8 Å². The van der Waals surface area contributed by atoms with Crippen molar-refractivity contribution in [1.82, 2.24) is 30.8 Å². The largest absolute Gasteiger partial charge is 0.472 e. The number of nitrogens with one attached hydrogen (secondary N) is 4. The molecule has 1 saturated heterocycles. The minimum atomic E-state index is 0.106. The normalized spacial score (nSPS) is 24.9. The Kier molecular flexibility index (Phi) is 5.11. The molecule has 4 aromatic rings. The van der Waals surface area contributed by atoms with Crippen LogP contribution in [0.2, 0.25) is 0 Å². The Morgan fingerprint density at radius 1 is 1.15 bits per heavy atom. The summed E-state index contributed by atoms with van der Waals surface area (Å²) in [4.78, 5) is 17.5. The van der Waals surface area contributed by atoms with Crippen LogP contribution in [0.4, 0.5) is 5.69 Å². The van der Waals surface area contributed by atoms with Gasteiger partial charge in [-0.25, -0.2) is 15.4 Å². The molecule has 4 N–H and O–H groups in total. The molecule has 1 saturated carbocycles. The Morgan fingerprint density at radius 3 is 2.94 bits per heavy atom. The fraction of sp³-hybridized carbons (Fsp3) is 0.400. The highest BCUT2D eigenvalue weighted by Crippen LogP contribution is 2.44. The van der Waals surface area contributed by atoms with E-state index in [-0.39, 0.29) is 6.04 Å². The molecule has 1 aliphatic heterocycles. The van der Waals surface area contributed by atoms with Crippen molar-refractivity contribution in [3.05, 3.63) is 60.7 Å². The maximum absolute atomic E-state index is 5.29. The number of imidazole rings is 1. The minimum Gasteiger partial charge on any atom is -0.472 e. The van der Waals surface area contributed by atoms with Gasteiger partial charge >= 0.3 is 0 Å². The Balaban J connectivity index is 1.28. The number of hydrogen-bond donors (Lipinski definition) is 4. The van der Waals surface area contributed by atoms with Crippen molar-refractivity contribution in [2.75, 3.05) is 5.32 Å². The quantitative estimate of drug-likeness (QED) is 0.359. The Labute approximate surface area is 192 Å². The monoisotopic (exact) mass is 443 g/mol. The van der Waals surface area contributed by atoms with Crippen molar-refractivity contribution >= 4 is 16.9 Å². The molecule has 2 fully saturated rings. The standard InChI is InChI=1S/C25H29N7O/c1-14(2)28-18-9-17(11-26-12-18)15-3-4-21-20(10-15)23(32-31-21)25-29-22-19(16-6-8-33-13-16)5-7-27-24(22)30-25/h5-9,11-15,20-21,23,28,31-32H,3-4,10H2,1-2H3,(H,27,29,30). The average molecular weight is 444 g/mol. The molecule has 8 nitrogen and oxygen atoms in total. The zero-order chi connectivity index (χ0) is 22.4. The van der Waals surface area contributed by atoms with Crippen molar-refractivity contribution in [3.63, 3.8) is 0 Å². The van der Waals surface area contributed by atoms with E-state index in [1.165, 1.54) is 5.56 Å². The first kappa shape index (κ1) is 20.4. The van der Waals surface area contributed by atoms with Gasteiger partial charge in [-0.15, -0.1) is 0 Å². The molecule has 33 heavy (non-hydrogen) atoms. The van der Waals surface area contributed by atoms with E-state index < -0.39 is 0 Å². The van der Waals surface area contributed by atoms with Crippen LogP contribution in [0.25, 0.3) is 22.3 Å². The average Bonchev–Trinajstić information content (AvgIpc) is 3.57. The second-order valence-corrected chi connectivity index (χ2v) is 9.54. The zero-order valence-corrected chi connectivity index (χ0v) is 18.9. The highest BCUT2D eigenvalue weighted by Gasteiger charge is 2.42. The van der Waals surface area contributed by atoms with Crippen LogP contribution < -0.4 is 16.2 Å². The maximum atomic E-state index is 5.29. The third-order valence-corrected chi connectivity index (χ3v) is 6.98. The van der Waals surface area contributed by atoms with E-state index in [4.69, 9.17) is 9.40 Å². The van der Waals surface area contributed by atoms with Crippen LogP contribution in [0.1, 0.15) is 56.5 Å². The minimum absolute atomic E-state index is 0.106. The first-order valence-electron chi connectivity index (χ1n) is 11.8. The fourth-order valence-electron chi connectivity index (χ4n) is 5.46. The van der Waals surface area contributed by atoms with E-state index in [1.54, 1.807) is 18.7 Å². The first-order chi connectivity index (χ1) is 16.2. The summed E-state index contributed by atoms with van der Waals surface area (Å²) >= 11 is 0. The molecule has 0 amide bonds. The maximum Gasteiger partial charge on any atom is 0.178 e. The van der Waals surface area contributed by atoms with Crippen LogP contribution in [-0.4, -0.2) is 32.0 Å². The molecule has 5 heterocycles. The molecule has 0 radical (unpaired) electrons. The highest BCUT2D eigenvalue weighted by atomic mass is 16.3. The smallest absolute Gasteiger partial charge is 0.178 e. The molecule has 0 aromatic carbocycles. The molecule has 4 aromatic heterocycles. The van der Waals surface area contributed by atoms with Gasteiger partial charge in [0.1, 0.15) is 5.82 Å². The Bertz CT molecular complexity index is 1250. The SMILES string of the molecule is CC(C)Nc1cncc(C2CCC3NNC(c4nc5nccc(-c6ccoc6)c5[nH]4)C3C2)c1. The summed E-state index contributed by atoms with van der Waals surface area (Å²) in [5, 5.41) is 3.48. The summed E-state index contributed by atoms with van der Waals surface area (Å²) in [6.45, 7) is 4.30. The molecule has 8 heteroatoms. The van der Waals surface area contributed by atoms with Crippen molar-refractivity contribution in [3.8, 4) is 11.1 Å². The van der Waals surface area contributed by atoms with Gasteiger partial charge in [-0.1, -0.05) is 0 Å². The summed E-state index contributed by atoms with van der Waals surface area (Å²) in [6, 6.07) is 7.16. The number of aromatic amines is 1. The van der Waals surface area contributed by atoms with Crippen LogP contribution >= 0.6 is 0 Å². The zero-order valence-electron chi connectivity index (χ0n) is 18.9. The Morgan fingerprint density at radius 2 is 2.09 bits per heavy atom. The van der Waals surface area contributed by atoms with Gasteiger partial charge in [-0.05, 0) is 68.7 Å². The summed E-state index contributed by atoms with van der Waals surface area (Å²) in [5.41, 5.74) is 13.2. The van der Waals surface area contributed by atoms with E-state index in [9.17, 15) is 0 Å². The van der Waals surface area contributed by atoms with Crippen molar-refractivity contribution in [2.45, 2.75) is 57.2 Å². The lowest BCUT2D eigenvalue weighted by molar-refractivity contribution is 0.274. The number of hydrazine groups is 1. The van der Waals surface area contributed by atoms with Crippen molar-refractivity contribution in [2.24, 2.45) is 5.92 Å². The summed E-state index contributed by atoms with van der Waals surface area (Å²) in [5.74, 6) is 1.85. The molecule has 4 atom stereocenters. The van der Waals surface area contributed by atoms with E-state index in [1.807, 2.05) is 24.5 Å². The number of pyridine rings is 2. The number of furan rings is 1. The molecule has 0 spiro atoms. The molecular formula is C25H29N7O. The number of H-pyrrole nitrogens is 1. The third kappa shape index (κ3) is 3.79. The summed E-state index contributed by atoms with van der Waals surface area (Å²) < 4.78 is 5.29. The molecule has 1 aliphatic carbocycles. The van der Waals surface area contributed by atoms with E-state index in [2.05, 4.69) is 51.0 Å². The van der Waals surface area contributed by atoms with Gasteiger partial charge in [0.25, 0.3) is 0 Å². The van der Waals surface area contributed by atoms with Gasteiger partial charge in [0.2, 0.25) is 0 Å². The number of nitrogens with zero attached hydrogens (tertiary/aromatic N) is 3. The van der Waals surface area contributed by atoms with Crippen LogP contribution in [0.15, 0.2) is 53.7 Å². The lowest BCUT2D eigenvalue weighted by atomic mass is 9.73. The summed E-state index contributed by atoms with van der Waals surface area (Å²) in [6.07, 6.45) is 12.6. The fourth-order valence-corrected chi connectivity index (χ4v) is 5.46. The molecule has 2 aliphatic rings. The topological polar surface area (TPSA) is 104 Å². The Hall–Kier alpha value is -3.23. The molecule has 6 rings (SSSR count). The predicted molar refractivity (Wildman–Crippen MR) is 127 cm³/mol. The molecule has 0 bridgehead atoms. The van der Waals surface area contributed by atoms with Gasteiger partial charge in [0.05, 0.1) is 29.8 Å². The predicted octanol–water partition coefficient (Wildman–Crippen LogP) is 4.53. The highest BCUT2D eigenvalue weighted by molar-refractivity contribution is 5.89. The van der Waals surface area contributed by atoms with Gasteiger partial charge in [0.15, 0.2) is 5.65 Å². The van der Waals surface area contributed by atoms with E-state index >= 15 is 0 Å². The van der Waals surface area contributed by atoms with Crippen molar-refractivity contribution in [1.29, 1.82) is 0 Å². The molecule has 4 unspecified atom stereocenters.